The summed E-state index contributed by atoms with van der Waals surface area (Å²) >= 11 is 0. The van der Waals surface area contributed by atoms with Gasteiger partial charge in [0.15, 0.2) is 11.5 Å². The van der Waals surface area contributed by atoms with Crippen molar-refractivity contribution >= 4 is 5.97 Å². The highest BCUT2D eigenvalue weighted by Gasteiger charge is 2.48. The second kappa shape index (κ2) is 4.69. The Morgan fingerprint density at radius 2 is 1.85 bits per heavy atom. The molecule has 1 aliphatic rings. The molecule has 2 N–H and O–H groups in total. The summed E-state index contributed by atoms with van der Waals surface area (Å²) in [7, 11) is 1.30. The molecule has 4 nitrogen and oxygen atoms in total. The molecule has 1 aromatic carbocycles. The van der Waals surface area contributed by atoms with Gasteiger partial charge in [0.1, 0.15) is 0 Å². The molecule has 0 saturated heterocycles. The van der Waals surface area contributed by atoms with E-state index in [1.54, 1.807) is 6.07 Å². The van der Waals surface area contributed by atoms with Crippen LogP contribution in [0.3, 0.4) is 0 Å². The van der Waals surface area contributed by atoms with Crippen LogP contribution in [0.15, 0.2) is 12.1 Å². The van der Waals surface area contributed by atoms with E-state index in [2.05, 4.69) is 20.8 Å². The summed E-state index contributed by atoms with van der Waals surface area (Å²) in [5, 5.41) is 20.1. The van der Waals surface area contributed by atoms with Crippen molar-refractivity contribution in [2.75, 3.05) is 7.11 Å². The second-order valence-electron chi connectivity index (χ2n) is 6.45. The average molecular weight is 278 g/mol. The molecule has 1 saturated carbocycles. The van der Waals surface area contributed by atoms with Crippen molar-refractivity contribution in [3.63, 3.8) is 0 Å². The van der Waals surface area contributed by atoms with Crippen LogP contribution in [-0.4, -0.2) is 23.3 Å². The van der Waals surface area contributed by atoms with Gasteiger partial charge in [-0.1, -0.05) is 27.2 Å². The molecule has 0 aliphatic heterocycles. The van der Waals surface area contributed by atoms with E-state index >= 15 is 0 Å². The summed E-state index contributed by atoms with van der Waals surface area (Å²) in [6, 6.07) is 2.89. The van der Waals surface area contributed by atoms with Gasteiger partial charge >= 0.3 is 5.97 Å². The lowest BCUT2D eigenvalue weighted by atomic mass is 9.65. The summed E-state index contributed by atoms with van der Waals surface area (Å²) in [6.07, 6.45) is 3.02. The van der Waals surface area contributed by atoms with Crippen molar-refractivity contribution in [3.8, 4) is 11.5 Å². The highest BCUT2D eigenvalue weighted by atomic mass is 16.5. The first kappa shape index (κ1) is 14.7. The zero-order valence-corrected chi connectivity index (χ0v) is 12.5. The van der Waals surface area contributed by atoms with Crippen LogP contribution in [0, 0.1) is 5.41 Å². The van der Waals surface area contributed by atoms with Crippen LogP contribution >= 0.6 is 0 Å². The lowest BCUT2D eigenvalue weighted by Gasteiger charge is -2.39. The Morgan fingerprint density at radius 1 is 1.20 bits per heavy atom. The third-order valence-electron chi connectivity index (χ3n) is 5.08. The average Bonchev–Trinajstić information content (AvgIpc) is 2.66. The number of phenols is 2. The number of aromatic hydroxyl groups is 2. The minimum absolute atomic E-state index is 0.00827. The number of phenolic OH excluding ortho intramolecular Hbond substituents is 2. The van der Waals surface area contributed by atoms with Crippen LogP contribution in [-0.2, 0) is 10.2 Å². The molecule has 0 radical (unpaired) electrons. The third kappa shape index (κ3) is 2.03. The van der Waals surface area contributed by atoms with E-state index in [0.717, 1.165) is 19.3 Å². The molecule has 0 heterocycles. The molecule has 1 aliphatic carbocycles. The van der Waals surface area contributed by atoms with E-state index in [4.69, 9.17) is 4.74 Å². The van der Waals surface area contributed by atoms with Gasteiger partial charge in [-0.15, -0.1) is 0 Å². The number of carbonyl (C=O) groups is 1. The zero-order valence-electron chi connectivity index (χ0n) is 12.5. The molecule has 0 bridgehead atoms. The lowest BCUT2D eigenvalue weighted by molar-refractivity contribution is 0.0599. The predicted octanol–water partition coefficient (Wildman–Crippen LogP) is 3.35. The van der Waals surface area contributed by atoms with E-state index < -0.39 is 5.97 Å². The van der Waals surface area contributed by atoms with Gasteiger partial charge in [-0.3, -0.25) is 0 Å². The fourth-order valence-corrected chi connectivity index (χ4v) is 3.27. The number of esters is 1. The first-order valence-electron chi connectivity index (χ1n) is 6.88. The summed E-state index contributed by atoms with van der Waals surface area (Å²) in [5.41, 5.74) is 0.603. The van der Waals surface area contributed by atoms with Crippen LogP contribution in [0.2, 0.25) is 0 Å². The molecule has 20 heavy (non-hydrogen) atoms. The Labute approximate surface area is 119 Å². The fraction of sp³-hybridized carbons (Fsp3) is 0.562. The van der Waals surface area contributed by atoms with E-state index in [9.17, 15) is 15.0 Å². The van der Waals surface area contributed by atoms with Crippen LogP contribution < -0.4 is 0 Å². The smallest absolute Gasteiger partial charge is 0.337 e. The van der Waals surface area contributed by atoms with Crippen molar-refractivity contribution in [2.45, 2.75) is 45.4 Å². The highest BCUT2D eigenvalue weighted by Crippen LogP contribution is 2.56. The number of hydrogen-bond donors (Lipinski definition) is 2. The van der Waals surface area contributed by atoms with Crippen molar-refractivity contribution < 1.29 is 19.7 Å². The number of ether oxygens (including phenoxy) is 1. The third-order valence-corrected chi connectivity index (χ3v) is 5.08. The molecular formula is C16H22O4. The standard InChI is InChI=1S/C16H22O4/c1-15(2)6-5-7-16(15,3)11-8-10(14(19)20-4)9-12(17)13(11)18/h8-9,17-18H,5-7H2,1-4H3/t16-/m1/s1. The quantitative estimate of drug-likeness (QED) is 0.643. The first-order chi connectivity index (χ1) is 9.23. The monoisotopic (exact) mass is 278 g/mol. The van der Waals surface area contributed by atoms with Crippen molar-refractivity contribution in [2.24, 2.45) is 5.41 Å². The van der Waals surface area contributed by atoms with Crippen LogP contribution in [0.1, 0.15) is 56.0 Å². The minimum Gasteiger partial charge on any atom is -0.504 e. The van der Waals surface area contributed by atoms with Crippen LogP contribution in [0.5, 0.6) is 11.5 Å². The summed E-state index contributed by atoms with van der Waals surface area (Å²) in [4.78, 5) is 11.7. The van der Waals surface area contributed by atoms with Gasteiger partial charge in [0.2, 0.25) is 0 Å². The summed E-state index contributed by atoms with van der Waals surface area (Å²) < 4.78 is 4.70. The van der Waals surface area contributed by atoms with E-state index in [0.29, 0.717) is 5.56 Å². The SMILES string of the molecule is COC(=O)c1cc(O)c(O)c([C@@]2(C)CCCC2(C)C)c1. The number of hydrogen-bond acceptors (Lipinski definition) is 4. The lowest BCUT2D eigenvalue weighted by Crippen LogP contribution is -2.34. The molecule has 0 unspecified atom stereocenters. The molecular weight excluding hydrogens is 256 g/mol. The minimum atomic E-state index is -0.513. The van der Waals surface area contributed by atoms with Gasteiger partial charge in [0.05, 0.1) is 12.7 Å². The Kier molecular flexibility index (Phi) is 3.44. The van der Waals surface area contributed by atoms with Gasteiger partial charge in [0.25, 0.3) is 0 Å². The molecule has 4 heteroatoms. The molecule has 0 aromatic heterocycles. The van der Waals surface area contributed by atoms with Gasteiger partial charge < -0.3 is 14.9 Å². The number of carbonyl (C=O) groups excluding carboxylic acids is 1. The molecule has 2 rings (SSSR count). The molecule has 1 atom stereocenters. The number of methoxy groups -OCH3 is 1. The molecule has 0 spiro atoms. The topological polar surface area (TPSA) is 66.8 Å². The van der Waals surface area contributed by atoms with Crippen LogP contribution in [0.4, 0.5) is 0 Å². The summed E-state index contributed by atoms with van der Waals surface area (Å²) in [6.45, 7) is 6.39. The Balaban J connectivity index is 2.62. The van der Waals surface area contributed by atoms with E-state index in [1.807, 2.05) is 0 Å². The Bertz CT molecular complexity index is 548. The van der Waals surface area contributed by atoms with Crippen molar-refractivity contribution in [1.82, 2.24) is 0 Å². The molecule has 1 aromatic rings. The maximum Gasteiger partial charge on any atom is 0.337 e. The second-order valence-corrected chi connectivity index (χ2v) is 6.45. The maximum absolute atomic E-state index is 11.7. The van der Waals surface area contributed by atoms with Crippen molar-refractivity contribution in [1.29, 1.82) is 0 Å². The molecule has 110 valence electrons. The Morgan fingerprint density at radius 3 is 2.35 bits per heavy atom. The van der Waals surface area contributed by atoms with E-state index in [-0.39, 0.29) is 27.9 Å². The fourth-order valence-electron chi connectivity index (χ4n) is 3.27. The molecule has 0 amide bonds. The maximum atomic E-state index is 11.7. The van der Waals surface area contributed by atoms with Crippen molar-refractivity contribution in [3.05, 3.63) is 23.3 Å². The van der Waals surface area contributed by atoms with Gasteiger partial charge in [-0.05, 0) is 30.4 Å². The van der Waals surface area contributed by atoms with Gasteiger partial charge in [-0.25, -0.2) is 4.79 Å². The van der Waals surface area contributed by atoms with Crippen LogP contribution in [0.25, 0.3) is 0 Å². The summed E-state index contributed by atoms with van der Waals surface area (Å²) in [5.74, 6) is -0.914. The number of benzene rings is 1. The number of rotatable bonds is 2. The molecule has 1 fully saturated rings. The van der Waals surface area contributed by atoms with Gasteiger partial charge in [-0.2, -0.15) is 0 Å². The largest absolute Gasteiger partial charge is 0.504 e. The highest BCUT2D eigenvalue weighted by molar-refractivity contribution is 5.90. The normalized spacial score (nSPS) is 24.6. The van der Waals surface area contributed by atoms with Gasteiger partial charge in [0, 0.05) is 11.0 Å². The van der Waals surface area contributed by atoms with E-state index in [1.165, 1.54) is 13.2 Å². The predicted molar refractivity (Wildman–Crippen MR) is 76.1 cm³/mol. The first-order valence-corrected chi connectivity index (χ1v) is 6.88. The zero-order chi connectivity index (χ0) is 15.1. The Hall–Kier alpha value is -1.71.